The maximum atomic E-state index is 15.0. The molecule has 15 heteroatoms. The second-order valence-electron chi connectivity index (χ2n) is 16.4. The number of aromatic nitrogens is 1. The summed E-state index contributed by atoms with van der Waals surface area (Å²) in [7, 11) is 3.53. The van der Waals surface area contributed by atoms with Gasteiger partial charge in [0.05, 0.1) is 30.7 Å². The Kier molecular flexibility index (Phi) is 8.14. The number of esters is 2. The standard InChI is InChI=1S/C41H46N4O10S/c1-18-10-21-12-40(50)15-44(4)30(27(21)32(48)33(18)51-5)31-37-29-28(36-35(53-17-54-36)19(2)34(29)55-20(3)47)26(45(31)40)14-52-39(49)41(16-56-37)38-24(11-22(13-46)43-41)23-8-6-7-9-25(23)42-38/h6-10,21-22,26-27,30-31,37,42-43,46,48,50H,11-17H2,1-5H3/t21?,22-,26-,27?,30-,31+,37+,40?,41+/m0/s1. The number of hydrogen-bond acceptors (Lipinski definition) is 14. The largest absolute Gasteiger partial charge is 0.508 e. The average Bonchev–Trinajstić information content (AvgIpc) is 3.76. The molecule has 4 bridgehead atoms. The van der Waals surface area contributed by atoms with Crippen molar-refractivity contribution in [3.05, 3.63) is 75.4 Å². The Bertz CT molecular complexity index is 2270. The molecule has 1 aliphatic carbocycles. The van der Waals surface area contributed by atoms with Gasteiger partial charge in [-0.15, -0.1) is 11.8 Å². The molecule has 9 aliphatic rings. The van der Waals surface area contributed by atoms with Crippen LogP contribution in [0.15, 0.2) is 47.4 Å². The fourth-order valence-corrected chi connectivity index (χ4v) is 13.0. The highest BCUT2D eigenvalue weighted by molar-refractivity contribution is 7.99. The van der Waals surface area contributed by atoms with E-state index in [9.17, 15) is 24.9 Å². The van der Waals surface area contributed by atoms with E-state index in [1.165, 1.54) is 18.7 Å². The summed E-state index contributed by atoms with van der Waals surface area (Å²) in [6.07, 6.45) is 2.88. The number of ether oxygens (including phenoxy) is 5. The summed E-state index contributed by atoms with van der Waals surface area (Å²) in [6.45, 7) is 4.93. The van der Waals surface area contributed by atoms with Gasteiger partial charge in [0.25, 0.3) is 0 Å². The average molecular weight is 787 g/mol. The molecule has 2 aromatic carbocycles. The maximum absolute atomic E-state index is 15.0. The number of para-hydroxylation sites is 1. The summed E-state index contributed by atoms with van der Waals surface area (Å²) in [6, 6.07) is 5.76. The summed E-state index contributed by atoms with van der Waals surface area (Å²) < 4.78 is 30.8. The van der Waals surface area contributed by atoms with Gasteiger partial charge in [0.15, 0.2) is 22.8 Å². The molecule has 8 aliphatic heterocycles. The molecule has 56 heavy (non-hydrogen) atoms. The highest BCUT2D eigenvalue weighted by Crippen LogP contribution is 2.64. The van der Waals surface area contributed by atoms with Gasteiger partial charge >= 0.3 is 11.9 Å². The number of piperazine rings is 1. The number of hydrogen-bond donors (Lipinski definition) is 5. The second-order valence-corrected chi connectivity index (χ2v) is 17.5. The van der Waals surface area contributed by atoms with Crippen molar-refractivity contribution >= 4 is 34.6 Å². The zero-order valence-electron chi connectivity index (χ0n) is 31.9. The molecule has 4 saturated heterocycles. The lowest BCUT2D eigenvalue weighted by atomic mass is 9.73. The number of thioether (sulfide) groups is 1. The first-order chi connectivity index (χ1) is 26.9. The van der Waals surface area contributed by atoms with E-state index in [4.69, 9.17) is 23.7 Å². The van der Waals surface area contributed by atoms with Crippen molar-refractivity contribution in [2.75, 3.05) is 46.5 Å². The number of allylic oxidation sites excluding steroid dienone is 2. The number of carbonyl (C=O) groups is 2. The van der Waals surface area contributed by atoms with E-state index in [1.807, 2.05) is 45.2 Å². The second kappa shape index (κ2) is 12.6. The summed E-state index contributed by atoms with van der Waals surface area (Å²) >= 11 is 1.50. The number of aliphatic hydroxyl groups is 3. The minimum absolute atomic E-state index is 0.0546. The molecule has 5 N–H and O–H groups in total. The molecular weight excluding hydrogens is 741 g/mol. The van der Waals surface area contributed by atoms with Crippen LogP contribution in [-0.2, 0) is 31.0 Å². The Hall–Kier alpha value is -4.25. The quantitative estimate of drug-likeness (QED) is 0.192. The number of H-pyrrole nitrogens is 1. The van der Waals surface area contributed by atoms with Crippen LogP contribution in [0.4, 0.5) is 0 Å². The van der Waals surface area contributed by atoms with Crippen LogP contribution < -0.4 is 19.5 Å². The van der Waals surface area contributed by atoms with Gasteiger partial charge in [-0.2, -0.15) is 0 Å². The Morgan fingerprint density at radius 3 is 2.68 bits per heavy atom. The van der Waals surface area contributed by atoms with Crippen LogP contribution in [0.5, 0.6) is 17.2 Å². The van der Waals surface area contributed by atoms with Gasteiger partial charge in [-0.05, 0) is 56.9 Å². The number of benzene rings is 2. The molecule has 0 radical (unpaired) electrons. The monoisotopic (exact) mass is 786 g/mol. The number of likely N-dealkylation sites (N-methyl/N-ethyl adjacent to an activating group) is 1. The van der Waals surface area contributed by atoms with E-state index in [0.29, 0.717) is 51.8 Å². The Morgan fingerprint density at radius 2 is 1.91 bits per heavy atom. The van der Waals surface area contributed by atoms with E-state index in [-0.39, 0.29) is 56.4 Å². The van der Waals surface area contributed by atoms with Gasteiger partial charge < -0.3 is 44.0 Å². The molecule has 296 valence electrons. The number of rotatable bonds is 3. The van der Waals surface area contributed by atoms with E-state index < -0.39 is 52.5 Å². The van der Waals surface area contributed by atoms with Crippen LogP contribution in [-0.4, -0.2) is 112 Å². The first-order valence-electron chi connectivity index (χ1n) is 19.2. The number of carbonyl (C=O) groups excluding carboxylic acids is 2. The summed E-state index contributed by atoms with van der Waals surface area (Å²) in [5, 5.41) is 39.9. The van der Waals surface area contributed by atoms with E-state index in [1.54, 1.807) is 7.11 Å². The smallest absolute Gasteiger partial charge is 0.333 e. The minimum atomic E-state index is -1.46. The van der Waals surface area contributed by atoms with Gasteiger partial charge in [0, 0.05) is 70.9 Å². The van der Waals surface area contributed by atoms with Gasteiger partial charge in [0.2, 0.25) is 6.79 Å². The van der Waals surface area contributed by atoms with Crippen LogP contribution in [0.1, 0.15) is 59.5 Å². The van der Waals surface area contributed by atoms with Crippen molar-refractivity contribution in [1.29, 1.82) is 0 Å². The topological polar surface area (TPSA) is 175 Å². The zero-order chi connectivity index (χ0) is 39.0. The van der Waals surface area contributed by atoms with Crippen LogP contribution in [0.2, 0.25) is 0 Å². The number of methoxy groups -OCH3 is 1. The predicted molar refractivity (Wildman–Crippen MR) is 204 cm³/mol. The number of nitrogens with one attached hydrogen (secondary N) is 2. The highest BCUT2D eigenvalue weighted by Gasteiger charge is 2.66. The van der Waals surface area contributed by atoms with Crippen LogP contribution in [0, 0.1) is 18.8 Å². The van der Waals surface area contributed by atoms with Crippen molar-refractivity contribution in [3.8, 4) is 17.2 Å². The van der Waals surface area contributed by atoms with Crippen molar-refractivity contribution in [2.24, 2.45) is 11.8 Å². The van der Waals surface area contributed by atoms with E-state index >= 15 is 0 Å². The van der Waals surface area contributed by atoms with Crippen molar-refractivity contribution < 1.29 is 48.6 Å². The van der Waals surface area contributed by atoms with Crippen molar-refractivity contribution in [3.63, 3.8) is 0 Å². The number of aliphatic hydroxyl groups excluding tert-OH is 2. The van der Waals surface area contributed by atoms with E-state index in [0.717, 1.165) is 22.0 Å². The highest BCUT2D eigenvalue weighted by atomic mass is 32.2. The number of aromatic amines is 1. The minimum Gasteiger partial charge on any atom is -0.508 e. The molecule has 9 heterocycles. The van der Waals surface area contributed by atoms with Gasteiger partial charge in [-0.25, -0.2) is 4.79 Å². The molecule has 4 fully saturated rings. The normalized spacial score (nSPS) is 35.6. The molecule has 4 unspecified atom stereocenters. The Morgan fingerprint density at radius 1 is 1.12 bits per heavy atom. The van der Waals surface area contributed by atoms with Gasteiger partial charge in [-0.3, -0.25) is 19.9 Å². The fourth-order valence-electron chi connectivity index (χ4n) is 11.4. The lowest BCUT2D eigenvalue weighted by molar-refractivity contribution is -0.214. The molecular formula is C41H46N4O10S. The molecule has 14 nitrogen and oxygen atoms in total. The molecule has 12 rings (SSSR count). The van der Waals surface area contributed by atoms with Crippen LogP contribution in [0.25, 0.3) is 10.9 Å². The van der Waals surface area contributed by atoms with Crippen LogP contribution in [0.3, 0.4) is 0 Å². The molecule has 3 aromatic rings. The summed E-state index contributed by atoms with van der Waals surface area (Å²) in [4.78, 5) is 35.8. The lowest BCUT2D eigenvalue weighted by Crippen LogP contribution is -2.72. The molecule has 0 saturated carbocycles. The van der Waals surface area contributed by atoms with Gasteiger partial charge in [-0.1, -0.05) is 24.3 Å². The van der Waals surface area contributed by atoms with Crippen LogP contribution >= 0.6 is 11.8 Å². The third-order valence-electron chi connectivity index (χ3n) is 13.3. The van der Waals surface area contributed by atoms with E-state index in [2.05, 4.69) is 26.2 Å². The Balaban J connectivity index is 1.24. The molecule has 0 amide bonds. The first kappa shape index (κ1) is 36.1. The lowest BCUT2D eigenvalue weighted by Gasteiger charge is -2.61. The first-order valence-corrected chi connectivity index (χ1v) is 20.2. The Labute approximate surface area is 327 Å². The molecule has 10 atom stereocenters. The third-order valence-corrected chi connectivity index (χ3v) is 14.7. The summed E-state index contributed by atoms with van der Waals surface area (Å²) in [5.74, 6) is 0.205. The number of nitrogens with zero attached hydrogens (tertiary/aromatic N) is 2. The summed E-state index contributed by atoms with van der Waals surface area (Å²) in [5.41, 5.74) is 2.37. The SMILES string of the molecule is COC1=C(O)C2C(C=C1C)CC1(O)CN(C)[C@@H]2[C@@H]2[C@@H]3SC[C@]4(N[C@H](CO)Cc5c4[nH]c4ccccc54)C(=O)OC[C@@H](c4c5c(c(C)c(OC(C)=O)c43)OCO5)N21. The van der Waals surface area contributed by atoms with Crippen molar-refractivity contribution in [2.45, 2.75) is 74.3 Å². The molecule has 1 aromatic heterocycles. The predicted octanol–water partition coefficient (Wildman–Crippen LogP) is 3.60. The number of fused-ring (bicyclic) bond motifs is 8. The van der Waals surface area contributed by atoms with Crippen molar-refractivity contribution in [1.82, 2.24) is 20.1 Å². The maximum Gasteiger partial charge on any atom is 0.333 e. The van der Waals surface area contributed by atoms with Gasteiger partial charge in [0.1, 0.15) is 23.8 Å². The zero-order valence-corrected chi connectivity index (χ0v) is 32.7. The molecule has 1 spiro atoms. The fraction of sp³-hybridized carbons (Fsp3) is 0.512. The third kappa shape index (κ3) is 4.81.